The van der Waals surface area contributed by atoms with E-state index < -0.39 is 15.9 Å². The van der Waals surface area contributed by atoms with E-state index in [2.05, 4.69) is 5.32 Å². The summed E-state index contributed by atoms with van der Waals surface area (Å²) in [5.41, 5.74) is 1.52. The SMILES string of the molecule is CN(Cc1ccc(C(=O)NC2CC2)cc1)C(=O)c1cc(S(=O)(=O)N(C)C)ccc1Cl. The molecule has 0 atom stereocenters. The summed E-state index contributed by atoms with van der Waals surface area (Å²) in [5, 5.41) is 3.11. The average Bonchev–Trinajstić information content (AvgIpc) is 3.52. The summed E-state index contributed by atoms with van der Waals surface area (Å²) in [6.45, 7) is 0.282. The Morgan fingerprint density at radius 2 is 1.70 bits per heavy atom. The third kappa shape index (κ3) is 5.00. The van der Waals surface area contributed by atoms with Crippen LogP contribution in [0.5, 0.6) is 0 Å². The van der Waals surface area contributed by atoms with Gasteiger partial charge >= 0.3 is 0 Å². The van der Waals surface area contributed by atoms with E-state index in [-0.39, 0.29) is 34.0 Å². The second kappa shape index (κ2) is 8.75. The number of hydrogen-bond donors (Lipinski definition) is 1. The Balaban J connectivity index is 1.73. The van der Waals surface area contributed by atoms with Crippen LogP contribution in [-0.2, 0) is 16.6 Å². The number of carbonyl (C=O) groups excluding carboxylic acids is 2. The van der Waals surface area contributed by atoms with Crippen LogP contribution in [-0.4, -0.2) is 56.6 Å². The normalized spacial score (nSPS) is 13.9. The third-order valence-electron chi connectivity index (χ3n) is 4.84. The first kappa shape index (κ1) is 22.3. The summed E-state index contributed by atoms with van der Waals surface area (Å²) < 4.78 is 25.8. The molecule has 1 N–H and O–H groups in total. The lowest BCUT2D eigenvalue weighted by Gasteiger charge is -2.19. The lowest BCUT2D eigenvalue weighted by Crippen LogP contribution is -2.28. The molecule has 30 heavy (non-hydrogen) atoms. The van der Waals surface area contributed by atoms with Gasteiger partial charge in [-0.1, -0.05) is 23.7 Å². The van der Waals surface area contributed by atoms with Gasteiger partial charge in [-0.15, -0.1) is 0 Å². The van der Waals surface area contributed by atoms with Gasteiger partial charge in [-0.3, -0.25) is 9.59 Å². The number of carbonyl (C=O) groups is 2. The van der Waals surface area contributed by atoms with Gasteiger partial charge in [0.15, 0.2) is 0 Å². The van der Waals surface area contributed by atoms with Crippen LogP contribution < -0.4 is 5.32 Å². The molecule has 7 nitrogen and oxygen atoms in total. The Hall–Kier alpha value is -2.42. The number of benzene rings is 2. The predicted octanol–water partition coefficient (Wildman–Crippen LogP) is 2.75. The van der Waals surface area contributed by atoms with Gasteiger partial charge in [-0.05, 0) is 48.7 Å². The Morgan fingerprint density at radius 3 is 2.27 bits per heavy atom. The Morgan fingerprint density at radius 1 is 1.07 bits per heavy atom. The van der Waals surface area contributed by atoms with Gasteiger partial charge in [0.1, 0.15) is 0 Å². The van der Waals surface area contributed by atoms with Crippen molar-refractivity contribution in [2.45, 2.75) is 30.3 Å². The Kier molecular flexibility index (Phi) is 6.50. The van der Waals surface area contributed by atoms with Crippen molar-refractivity contribution in [3.63, 3.8) is 0 Å². The van der Waals surface area contributed by atoms with Crippen molar-refractivity contribution in [1.29, 1.82) is 0 Å². The maximum absolute atomic E-state index is 12.9. The van der Waals surface area contributed by atoms with Crippen molar-refractivity contribution in [2.24, 2.45) is 0 Å². The molecule has 0 spiro atoms. The van der Waals surface area contributed by atoms with Crippen LogP contribution in [0.15, 0.2) is 47.4 Å². The number of nitrogens with zero attached hydrogens (tertiary/aromatic N) is 2. The summed E-state index contributed by atoms with van der Waals surface area (Å²) >= 11 is 6.17. The molecule has 0 bridgehead atoms. The van der Waals surface area contributed by atoms with E-state index in [0.717, 1.165) is 22.7 Å². The monoisotopic (exact) mass is 449 g/mol. The van der Waals surface area contributed by atoms with Crippen LogP contribution in [0.3, 0.4) is 0 Å². The summed E-state index contributed by atoms with van der Waals surface area (Å²) in [5.74, 6) is -0.495. The number of rotatable bonds is 7. The number of nitrogens with one attached hydrogen (secondary N) is 1. The molecule has 2 amide bonds. The molecule has 160 valence electrons. The van der Waals surface area contributed by atoms with E-state index >= 15 is 0 Å². The second-order valence-electron chi connectivity index (χ2n) is 7.53. The molecule has 0 saturated heterocycles. The molecular formula is C21H24ClN3O4S. The van der Waals surface area contributed by atoms with E-state index in [1.54, 1.807) is 31.3 Å². The van der Waals surface area contributed by atoms with Gasteiger partial charge in [0.2, 0.25) is 10.0 Å². The van der Waals surface area contributed by atoms with Crippen molar-refractivity contribution < 1.29 is 18.0 Å². The van der Waals surface area contributed by atoms with Gasteiger partial charge in [0.25, 0.3) is 11.8 Å². The van der Waals surface area contributed by atoms with E-state index in [0.29, 0.717) is 5.56 Å². The highest BCUT2D eigenvalue weighted by atomic mass is 35.5. The smallest absolute Gasteiger partial charge is 0.255 e. The predicted molar refractivity (Wildman–Crippen MR) is 115 cm³/mol. The van der Waals surface area contributed by atoms with E-state index in [1.807, 2.05) is 0 Å². The van der Waals surface area contributed by atoms with Crippen molar-refractivity contribution in [3.05, 3.63) is 64.2 Å². The second-order valence-corrected chi connectivity index (χ2v) is 10.1. The van der Waals surface area contributed by atoms with Crippen molar-refractivity contribution in [1.82, 2.24) is 14.5 Å². The lowest BCUT2D eigenvalue weighted by atomic mass is 10.1. The average molecular weight is 450 g/mol. The minimum absolute atomic E-state index is 0.000298. The maximum atomic E-state index is 12.9. The third-order valence-corrected chi connectivity index (χ3v) is 6.98. The van der Waals surface area contributed by atoms with Gasteiger partial charge in [-0.25, -0.2) is 12.7 Å². The largest absolute Gasteiger partial charge is 0.349 e. The fourth-order valence-corrected chi connectivity index (χ4v) is 3.98. The standard InChI is InChI=1S/C21H24ClN3O4S/c1-24(2)30(28,29)17-10-11-19(22)18(12-17)21(27)25(3)13-14-4-6-15(7-5-14)20(26)23-16-8-9-16/h4-7,10-12,16H,8-9,13H2,1-3H3,(H,23,26). The molecule has 1 fully saturated rings. The van der Waals surface area contributed by atoms with E-state index in [4.69, 9.17) is 11.6 Å². The van der Waals surface area contributed by atoms with Crippen LogP contribution in [0.25, 0.3) is 0 Å². The molecule has 1 aliphatic carbocycles. The molecule has 0 aliphatic heterocycles. The van der Waals surface area contributed by atoms with Crippen molar-refractivity contribution in [3.8, 4) is 0 Å². The number of sulfonamides is 1. The van der Waals surface area contributed by atoms with E-state index in [1.165, 1.54) is 37.2 Å². The molecule has 2 aromatic rings. The zero-order chi connectivity index (χ0) is 22.1. The maximum Gasteiger partial charge on any atom is 0.255 e. The van der Waals surface area contributed by atoms with E-state index in [9.17, 15) is 18.0 Å². The zero-order valence-corrected chi connectivity index (χ0v) is 18.6. The number of halogens is 1. The molecule has 3 rings (SSSR count). The first-order valence-electron chi connectivity index (χ1n) is 9.47. The fourth-order valence-electron chi connectivity index (χ4n) is 2.85. The summed E-state index contributed by atoms with van der Waals surface area (Å²) in [7, 11) is 0.771. The zero-order valence-electron chi connectivity index (χ0n) is 17.1. The molecule has 1 saturated carbocycles. The van der Waals surface area contributed by atoms with Crippen LogP contribution in [0.4, 0.5) is 0 Å². The molecule has 9 heteroatoms. The van der Waals surface area contributed by atoms with Gasteiger partial charge in [-0.2, -0.15) is 0 Å². The first-order valence-corrected chi connectivity index (χ1v) is 11.3. The van der Waals surface area contributed by atoms with Crippen molar-refractivity contribution >= 4 is 33.4 Å². The quantitative estimate of drug-likeness (QED) is 0.704. The van der Waals surface area contributed by atoms with Crippen LogP contribution >= 0.6 is 11.6 Å². The Bertz CT molecular complexity index is 1060. The minimum Gasteiger partial charge on any atom is -0.349 e. The molecule has 0 heterocycles. The van der Waals surface area contributed by atoms with Crippen LogP contribution in [0.2, 0.25) is 5.02 Å². The highest BCUT2D eigenvalue weighted by Gasteiger charge is 2.24. The topological polar surface area (TPSA) is 86.8 Å². The number of hydrogen-bond acceptors (Lipinski definition) is 4. The molecule has 0 aromatic heterocycles. The first-order chi connectivity index (χ1) is 14.1. The highest BCUT2D eigenvalue weighted by molar-refractivity contribution is 7.89. The molecule has 2 aromatic carbocycles. The molecular weight excluding hydrogens is 426 g/mol. The summed E-state index contributed by atoms with van der Waals surface area (Å²) in [6.07, 6.45) is 2.05. The molecule has 1 aliphatic rings. The van der Waals surface area contributed by atoms with Crippen LogP contribution in [0.1, 0.15) is 39.1 Å². The summed E-state index contributed by atoms with van der Waals surface area (Å²) in [4.78, 5) is 26.4. The number of amides is 2. The van der Waals surface area contributed by atoms with Crippen molar-refractivity contribution in [2.75, 3.05) is 21.1 Å². The molecule has 0 radical (unpaired) electrons. The lowest BCUT2D eigenvalue weighted by molar-refractivity contribution is 0.0784. The van der Waals surface area contributed by atoms with Crippen LogP contribution in [0, 0.1) is 0 Å². The van der Waals surface area contributed by atoms with Gasteiger partial charge in [0, 0.05) is 39.3 Å². The minimum atomic E-state index is -3.69. The Labute approximate surface area is 181 Å². The van der Waals surface area contributed by atoms with Gasteiger partial charge < -0.3 is 10.2 Å². The highest BCUT2D eigenvalue weighted by Crippen LogP contribution is 2.24. The van der Waals surface area contributed by atoms with Gasteiger partial charge in [0.05, 0.1) is 15.5 Å². The summed E-state index contributed by atoms with van der Waals surface area (Å²) in [6, 6.07) is 11.4. The fraction of sp³-hybridized carbons (Fsp3) is 0.333. The molecule has 0 unspecified atom stereocenters.